The third-order valence-corrected chi connectivity index (χ3v) is 2.87. The van der Waals surface area contributed by atoms with Gasteiger partial charge in [0.15, 0.2) is 0 Å². The standard InChI is InChI=1S/C8H14O2.C4H11N/c1-6-2-4-7(5-3-6)8(9)10;1-3-5-4-2/h6-7H,2-5H2,1H3,(H,9,10);5H,3-4H2,1-2H3. The zero-order valence-corrected chi connectivity index (χ0v) is 10.3. The fourth-order valence-electron chi connectivity index (χ4n) is 1.76. The first-order valence-electron chi connectivity index (χ1n) is 6.05. The largest absolute Gasteiger partial charge is 0.481 e. The third-order valence-electron chi connectivity index (χ3n) is 2.87. The number of carboxylic acid groups (broad SMARTS) is 1. The highest BCUT2D eigenvalue weighted by Crippen LogP contribution is 2.27. The normalized spacial score (nSPS) is 25.3. The van der Waals surface area contributed by atoms with Gasteiger partial charge in [0.1, 0.15) is 0 Å². The molecule has 0 aromatic carbocycles. The monoisotopic (exact) mass is 215 g/mol. The Morgan fingerprint density at radius 1 is 1.20 bits per heavy atom. The topological polar surface area (TPSA) is 49.3 Å². The molecule has 1 rings (SSSR count). The summed E-state index contributed by atoms with van der Waals surface area (Å²) in [5.41, 5.74) is 0. The van der Waals surface area contributed by atoms with Crippen molar-refractivity contribution in [2.24, 2.45) is 11.8 Å². The summed E-state index contributed by atoms with van der Waals surface area (Å²) in [5, 5.41) is 11.7. The van der Waals surface area contributed by atoms with Crippen molar-refractivity contribution in [2.75, 3.05) is 13.1 Å². The molecule has 1 aliphatic carbocycles. The molecule has 90 valence electrons. The molecule has 0 bridgehead atoms. The minimum absolute atomic E-state index is 0.0452. The van der Waals surface area contributed by atoms with Gasteiger partial charge in [-0.3, -0.25) is 4.79 Å². The molecule has 0 aliphatic heterocycles. The van der Waals surface area contributed by atoms with E-state index in [1.54, 1.807) is 0 Å². The number of hydrogen-bond donors (Lipinski definition) is 2. The second-order valence-electron chi connectivity index (χ2n) is 4.25. The maximum atomic E-state index is 10.5. The molecule has 0 unspecified atom stereocenters. The highest BCUT2D eigenvalue weighted by atomic mass is 16.4. The van der Waals surface area contributed by atoms with Crippen molar-refractivity contribution in [3.05, 3.63) is 0 Å². The van der Waals surface area contributed by atoms with E-state index in [0.717, 1.165) is 44.7 Å². The molecule has 0 aromatic rings. The van der Waals surface area contributed by atoms with Crippen molar-refractivity contribution >= 4 is 5.97 Å². The fourth-order valence-corrected chi connectivity index (χ4v) is 1.76. The van der Waals surface area contributed by atoms with Crippen LogP contribution in [-0.2, 0) is 4.79 Å². The molecule has 2 N–H and O–H groups in total. The van der Waals surface area contributed by atoms with Gasteiger partial charge in [-0.2, -0.15) is 0 Å². The summed E-state index contributed by atoms with van der Waals surface area (Å²) in [4.78, 5) is 10.5. The molecule has 0 spiro atoms. The van der Waals surface area contributed by atoms with E-state index in [2.05, 4.69) is 26.1 Å². The van der Waals surface area contributed by atoms with Crippen LogP contribution in [0.4, 0.5) is 0 Å². The van der Waals surface area contributed by atoms with E-state index in [0.29, 0.717) is 0 Å². The van der Waals surface area contributed by atoms with Gasteiger partial charge in [0.05, 0.1) is 5.92 Å². The van der Waals surface area contributed by atoms with E-state index in [4.69, 9.17) is 5.11 Å². The Bertz CT molecular complexity index is 161. The lowest BCUT2D eigenvalue weighted by Gasteiger charge is -2.22. The van der Waals surface area contributed by atoms with E-state index < -0.39 is 5.97 Å². The number of rotatable bonds is 3. The Morgan fingerprint density at radius 3 is 1.93 bits per heavy atom. The van der Waals surface area contributed by atoms with Crippen molar-refractivity contribution in [1.29, 1.82) is 0 Å². The smallest absolute Gasteiger partial charge is 0.306 e. The van der Waals surface area contributed by atoms with Crippen molar-refractivity contribution < 1.29 is 9.90 Å². The van der Waals surface area contributed by atoms with Crippen LogP contribution in [0.2, 0.25) is 0 Å². The van der Waals surface area contributed by atoms with Crippen molar-refractivity contribution in [2.45, 2.75) is 46.5 Å². The summed E-state index contributed by atoms with van der Waals surface area (Å²) < 4.78 is 0. The average Bonchev–Trinajstić information content (AvgIpc) is 2.20. The van der Waals surface area contributed by atoms with Crippen LogP contribution in [0.5, 0.6) is 0 Å². The van der Waals surface area contributed by atoms with Gasteiger partial charge in [0.25, 0.3) is 0 Å². The van der Waals surface area contributed by atoms with Crippen molar-refractivity contribution in [3.8, 4) is 0 Å². The highest BCUT2D eigenvalue weighted by molar-refractivity contribution is 5.69. The summed E-state index contributed by atoms with van der Waals surface area (Å²) in [5.74, 6) is 0.0960. The zero-order chi connectivity index (χ0) is 11.7. The lowest BCUT2D eigenvalue weighted by molar-refractivity contribution is -0.143. The predicted molar refractivity (Wildman–Crippen MR) is 63.0 cm³/mol. The predicted octanol–water partition coefficient (Wildman–Crippen LogP) is 2.51. The minimum atomic E-state index is -0.605. The van der Waals surface area contributed by atoms with Gasteiger partial charge in [0, 0.05) is 0 Å². The van der Waals surface area contributed by atoms with Gasteiger partial charge in [-0.15, -0.1) is 0 Å². The van der Waals surface area contributed by atoms with Crippen LogP contribution < -0.4 is 5.32 Å². The maximum absolute atomic E-state index is 10.5. The van der Waals surface area contributed by atoms with E-state index in [1.165, 1.54) is 0 Å². The quantitative estimate of drug-likeness (QED) is 0.760. The van der Waals surface area contributed by atoms with E-state index in [1.807, 2.05) is 0 Å². The first-order chi connectivity index (χ1) is 7.11. The van der Waals surface area contributed by atoms with Crippen molar-refractivity contribution in [1.82, 2.24) is 5.32 Å². The third kappa shape index (κ3) is 7.37. The Labute approximate surface area is 93.3 Å². The number of hydrogen-bond acceptors (Lipinski definition) is 2. The highest BCUT2D eigenvalue weighted by Gasteiger charge is 2.23. The van der Waals surface area contributed by atoms with Gasteiger partial charge >= 0.3 is 5.97 Å². The van der Waals surface area contributed by atoms with Crippen LogP contribution in [0.1, 0.15) is 46.5 Å². The van der Waals surface area contributed by atoms with Gasteiger partial charge < -0.3 is 10.4 Å². The molecule has 0 aromatic heterocycles. The fraction of sp³-hybridized carbons (Fsp3) is 0.917. The first kappa shape index (κ1) is 14.4. The van der Waals surface area contributed by atoms with Gasteiger partial charge in [-0.1, -0.05) is 20.8 Å². The summed E-state index contributed by atoms with van der Waals surface area (Å²) >= 11 is 0. The molecule has 0 saturated heterocycles. The number of nitrogens with one attached hydrogen (secondary N) is 1. The van der Waals surface area contributed by atoms with Crippen LogP contribution in [0, 0.1) is 11.8 Å². The minimum Gasteiger partial charge on any atom is -0.481 e. The summed E-state index contributed by atoms with van der Waals surface area (Å²) in [6, 6.07) is 0. The molecular weight excluding hydrogens is 190 g/mol. The molecule has 0 heterocycles. The molecule has 15 heavy (non-hydrogen) atoms. The van der Waals surface area contributed by atoms with Crippen molar-refractivity contribution in [3.63, 3.8) is 0 Å². The molecule has 0 radical (unpaired) electrons. The van der Waals surface area contributed by atoms with Crippen LogP contribution >= 0.6 is 0 Å². The van der Waals surface area contributed by atoms with Gasteiger partial charge in [0.2, 0.25) is 0 Å². The second-order valence-corrected chi connectivity index (χ2v) is 4.25. The molecule has 3 nitrogen and oxygen atoms in total. The summed E-state index contributed by atoms with van der Waals surface area (Å²) in [6.07, 6.45) is 3.96. The van der Waals surface area contributed by atoms with Crippen LogP contribution in [0.25, 0.3) is 0 Å². The van der Waals surface area contributed by atoms with E-state index >= 15 is 0 Å². The lowest BCUT2D eigenvalue weighted by Crippen LogP contribution is -2.19. The first-order valence-corrected chi connectivity index (χ1v) is 6.05. The molecule has 1 aliphatic rings. The Morgan fingerprint density at radius 2 is 1.67 bits per heavy atom. The maximum Gasteiger partial charge on any atom is 0.306 e. The molecule has 0 atom stereocenters. The second kappa shape index (κ2) is 8.72. The number of aliphatic carboxylic acids is 1. The van der Waals surface area contributed by atoms with Crippen LogP contribution in [-0.4, -0.2) is 24.2 Å². The number of carbonyl (C=O) groups is 1. The van der Waals surface area contributed by atoms with E-state index in [-0.39, 0.29) is 5.92 Å². The molecule has 1 saturated carbocycles. The summed E-state index contributed by atoms with van der Waals surface area (Å²) in [7, 11) is 0. The van der Waals surface area contributed by atoms with Crippen LogP contribution in [0.15, 0.2) is 0 Å². The molecule has 0 amide bonds. The lowest BCUT2D eigenvalue weighted by atomic mass is 9.83. The van der Waals surface area contributed by atoms with E-state index in [9.17, 15) is 4.79 Å². The average molecular weight is 215 g/mol. The molecule has 1 fully saturated rings. The molecular formula is C12H25NO2. The number of carboxylic acids is 1. The molecule has 3 heteroatoms. The van der Waals surface area contributed by atoms with Gasteiger partial charge in [-0.05, 0) is 44.7 Å². The zero-order valence-electron chi connectivity index (χ0n) is 10.3. The van der Waals surface area contributed by atoms with Gasteiger partial charge in [-0.25, -0.2) is 0 Å². The SMILES string of the molecule is CC1CCC(C(=O)O)CC1.CCNCC. The summed E-state index contributed by atoms with van der Waals surface area (Å²) in [6.45, 7) is 8.58. The van der Waals surface area contributed by atoms with Crippen LogP contribution in [0.3, 0.4) is 0 Å². The Balaban J connectivity index is 0.000000336. The Kier molecular flexibility index (Phi) is 8.38. The Hall–Kier alpha value is -0.570.